The Hall–Kier alpha value is -0.650. The fourth-order valence-corrected chi connectivity index (χ4v) is 0.703. The number of hydrogen-bond donors (Lipinski definition) is 2. The van der Waals surface area contributed by atoms with Crippen LogP contribution in [0.25, 0.3) is 0 Å². The van der Waals surface area contributed by atoms with E-state index < -0.39 is 0 Å². The van der Waals surface area contributed by atoms with Crippen LogP contribution in [0.4, 0.5) is 0 Å². The molecule has 0 saturated heterocycles. The molecule has 0 heterocycles. The summed E-state index contributed by atoms with van der Waals surface area (Å²) in [5.41, 5.74) is 0. The number of carbonyl (C=O) groups excluding carboxylic acids is 1. The third-order valence-electron chi connectivity index (χ3n) is 1.30. The van der Waals surface area contributed by atoms with E-state index in [1.165, 1.54) is 32.6 Å². The van der Waals surface area contributed by atoms with Crippen LogP contribution in [0.2, 0.25) is 0 Å². The van der Waals surface area contributed by atoms with Gasteiger partial charge in [-0.2, -0.15) is 0 Å². The van der Waals surface area contributed by atoms with Crippen LogP contribution in [0.5, 0.6) is 0 Å². The van der Waals surface area contributed by atoms with E-state index in [0.29, 0.717) is 6.61 Å². The van der Waals surface area contributed by atoms with Gasteiger partial charge in [-0.15, -0.1) is 0 Å². The van der Waals surface area contributed by atoms with E-state index in [-0.39, 0.29) is 17.6 Å². The van der Waals surface area contributed by atoms with Crippen LogP contribution >= 0.6 is 0 Å². The molecule has 0 fully saturated rings. The van der Waals surface area contributed by atoms with Crippen molar-refractivity contribution in [3.63, 3.8) is 0 Å². The number of aliphatic hydroxyl groups excluding tert-OH is 1. The minimum absolute atomic E-state index is 0. The number of rotatable bonds is 4. The lowest BCUT2D eigenvalue weighted by Gasteiger charge is -1.89. The van der Waals surface area contributed by atoms with Gasteiger partial charge in [-0.1, -0.05) is 39.5 Å². The Bertz CT molecular complexity index is 96.0. The van der Waals surface area contributed by atoms with Crippen molar-refractivity contribution < 1.29 is 20.1 Å². The van der Waals surface area contributed by atoms with E-state index in [0.717, 1.165) is 7.11 Å². The standard InChI is InChI=1S/C6H14.C4H8O2.CH4O.H3N.H2O/c1-3-5-6-4-2;1-3-6-4(2)5;1-2;;/h3-6H2,1-2H3;3H2,1-2H3;2H,1H3;1H3;1H2. The molecule has 6 N–H and O–H groups in total. The highest BCUT2D eigenvalue weighted by Crippen LogP contribution is 1.95. The summed E-state index contributed by atoms with van der Waals surface area (Å²) in [5.74, 6) is -0.211. The number of unbranched alkanes of at least 4 members (excludes halogenated alkanes) is 3. The lowest BCUT2D eigenvalue weighted by Crippen LogP contribution is -1.95. The van der Waals surface area contributed by atoms with E-state index >= 15 is 0 Å². The predicted molar refractivity (Wildman–Crippen MR) is 68.9 cm³/mol. The van der Waals surface area contributed by atoms with Crippen molar-refractivity contribution in [3.8, 4) is 0 Å². The topological polar surface area (TPSA) is 113 Å². The van der Waals surface area contributed by atoms with Crippen molar-refractivity contribution in [2.75, 3.05) is 13.7 Å². The number of aliphatic hydroxyl groups is 1. The average molecular weight is 241 g/mol. The highest BCUT2D eigenvalue weighted by molar-refractivity contribution is 5.65. The molecule has 5 nitrogen and oxygen atoms in total. The Labute approximate surface area is 100 Å². The first-order valence-corrected chi connectivity index (χ1v) is 5.27. The minimum Gasteiger partial charge on any atom is -0.466 e. The molecule has 0 aromatic heterocycles. The summed E-state index contributed by atoms with van der Waals surface area (Å²) in [4.78, 5) is 9.82. The van der Waals surface area contributed by atoms with Crippen molar-refractivity contribution in [1.29, 1.82) is 0 Å². The Morgan fingerprint density at radius 3 is 1.44 bits per heavy atom. The largest absolute Gasteiger partial charge is 0.466 e. The lowest BCUT2D eigenvalue weighted by molar-refractivity contribution is -0.140. The third kappa shape index (κ3) is 71.1. The molecule has 16 heavy (non-hydrogen) atoms. The van der Waals surface area contributed by atoms with Crippen molar-refractivity contribution in [1.82, 2.24) is 6.15 Å². The first-order chi connectivity index (χ1) is 6.68. The van der Waals surface area contributed by atoms with Crippen LogP contribution in [0.1, 0.15) is 53.4 Å². The van der Waals surface area contributed by atoms with E-state index in [4.69, 9.17) is 5.11 Å². The highest BCUT2D eigenvalue weighted by Gasteiger charge is 1.81. The summed E-state index contributed by atoms with van der Waals surface area (Å²) in [6, 6.07) is 0. The summed E-state index contributed by atoms with van der Waals surface area (Å²) < 4.78 is 4.40. The van der Waals surface area contributed by atoms with Gasteiger partial charge in [-0.3, -0.25) is 4.79 Å². The number of ether oxygens (including phenoxy) is 1. The van der Waals surface area contributed by atoms with Gasteiger partial charge in [0.2, 0.25) is 0 Å². The summed E-state index contributed by atoms with van der Waals surface area (Å²) in [6.07, 6.45) is 5.54. The zero-order valence-corrected chi connectivity index (χ0v) is 11.5. The van der Waals surface area contributed by atoms with Crippen molar-refractivity contribution >= 4 is 5.97 Å². The Balaban J connectivity index is -0.0000000393. The minimum atomic E-state index is -0.211. The fourth-order valence-electron chi connectivity index (χ4n) is 0.703. The molecule has 0 aliphatic rings. The molecule has 0 aliphatic carbocycles. The maximum atomic E-state index is 9.82. The quantitative estimate of drug-likeness (QED) is 0.579. The fraction of sp³-hybridized carbons (Fsp3) is 0.909. The summed E-state index contributed by atoms with van der Waals surface area (Å²) >= 11 is 0. The monoisotopic (exact) mass is 241 g/mol. The van der Waals surface area contributed by atoms with Crippen molar-refractivity contribution in [2.24, 2.45) is 0 Å². The Morgan fingerprint density at radius 1 is 1.06 bits per heavy atom. The molecular formula is C11H31NO4. The molecule has 104 valence electrons. The average Bonchev–Trinajstić information content (AvgIpc) is 2.18. The number of carbonyl (C=O) groups is 1. The van der Waals surface area contributed by atoms with Crippen LogP contribution < -0.4 is 6.15 Å². The Morgan fingerprint density at radius 2 is 1.38 bits per heavy atom. The molecule has 0 bridgehead atoms. The first kappa shape index (κ1) is 29.5. The second-order valence-electron chi connectivity index (χ2n) is 2.63. The van der Waals surface area contributed by atoms with E-state index in [9.17, 15) is 4.79 Å². The van der Waals surface area contributed by atoms with Gasteiger partial charge in [0.15, 0.2) is 0 Å². The molecule has 0 spiro atoms. The lowest BCUT2D eigenvalue weighted by atomic mass is 10.2. The molecule has 0 aromatic carbocycles. The zero-order valence-electron chi connectivity index (χ0n) is 11.5. The number of esters is 1. The third-order valence-corrected chi connectivity index (χ3v) is 1.30. The van der Waals surface area contributed by atoms with E-state index in [1.807, 2.05) is 0 Å². The van der Waals surface area contributed by atoms with E-state index in [1.54, 1.807) is 6.92 Å². The van der Waals surface area contributed by atoms with Crippen LogP contribution in [-0.2, 0) is 9.53 Å². The van der Waals surface area contributed by atoms with Gasteiger partial charge in [0.25, 0.3) is 0 Å². The normalized spacial score (nSPS) is 6.62. The molecule has 0 amide bonds. The van der Waals surface area contributed by atoms with Crippen molar-refractivity contribution in [3.05, 3.63) is 0 Å². The summed E-state index contributed by atoms with van der Waals surface area (Å²) in [7, 11) is 1.00. The van der Waals surface area contributed by atoms with Crippen LogP contribution in [0.15, 0.2) is 0 Å². The van der Waals surface area contributed by atoms with E-state index in [2.05, 4.69) is 18.6 Å². The maximum Gasteiger partial charge on any atom is 0.302 e. The smallest absolute Gasteiger partial charge is 0.302 e. The second kappa shape index (κ2) is 36.7. The van der Waals surface area contributed by atoms with Crippen molar-refractivity contribution in [2.45, 2.75) is 53.4 Å². The molecule has 0 aliphatic heterocycles. The van der Waals surface area contributed by atoms with Gasteiger partial charge in [0.05, 0.1) is 6.61 Å². The first-order valence-electron chi connectivity index (χ1n) is 5.27. The Kier molecular flexibility index (Phi) is 67.6. The molecule has 0 rings (SSSR count). The summed E-state index contributed by atoms with van der Waals surface area (Å²) in [6.45, 7) is 8.12. The van der Waals surface area contributed by atoms with Gasteiger partial charge in [-0.25, -0.2) is 0 Å². The van der Waals surface area contributed by atoms with Crippen LogP contribution in [-0.4, -0.2) is 30.3 Å². The maximum absolute atomic E-state index is 9.82. The zero-order chi connectivity index (χ0) is 11.8. The SMILES string of the molecule is CCCCCC.CCOC(C)=O.CO.N.O. The van der Waals surface area contributed by atoms with Gasteiger partial charge < -0.3 is 21.5 Å². The molecule has 0 atom stereocenters. The number of hydrogen-bond acceptors (Lipinski definition) is 4. The predicted octanol–water partition coefficient (Wildman–Crippen LogP) is 2.10. The second-order valence-corrected chi connectivity index (χ2v) is 2.63. The van der Waals surface area contributed by atoms with Gasteiger partial charge >= 0.3 is 5.97 Å². The van der Waals surface area contributed by atoms with Gasteiger partial charge in [-0.05, 0) is 6.92 Å². The van der Waals surface area contributed by atoms with Gasteiger partial charge in [0, 0.05) is 14.0 Å². The molecule has 0 saturated carbocycles. The van der Waals surface area contributed by atoms with Gasteiger partial charge in [0.1, 0.15) is 0 Å². The molecule has 0 radical (unpaired) electrons. The highest BCUT2D eigenvalue weighted by atomic mass is 16.5. The van der Waals surface area contributed by atoms with Crippen LogP contribution in [0.3, 0.4) is 0 Å². The molecule has 5 heteroatoms. The molecule has 0 aromatic rings. The van der Waals surface area contributed by atoms with Crippen LogP contribution in [0, 0.1) is 0 Å². The summed E-state index contributed by atoms with van der Waals surface area (Å²) in [5, 5.41) is 7.00. The molecular weight excluding hydrogens is 210 g/mol. The molecule has 0 unspecified atom stereocenters.